The number of amides is 2. The van der Waals surface area contributed by atoms with Gasteiger partial charge in [0.05, 0.1) is 0 Å². The van der Waals surface area contributed by atoms with Crippen LogP contribution in [0.25, 0.3) is 6.08 Å². The highest BCUT2D eigenvalue weighted by atomic mass is 35.5. The summed E-state index contributed by atoms with van der Waals surface area (Å²) < 4.78 is 13.0. The molecule has 0 atom stereocenters. The molecule has 0 bridgehead atoms. The van der Waals surface area contributed by atoms with Crippen LogP contribution < -0.4 is 10.8 Å². The van der Waals surface area contributed by atoms with Crippen molar-refractivity contribution in [2.75, 3.05) is 18.4 Å². The molecule has 1 aromatic heterocycles. The number of nitrogens with one attached hydrogen (secondary N) is 2. The average Bonchev–Trinajstić information content (AvgIpc) is 2.73. The van der Waals surface area contributed by atoms with E-state index in [1.807, 2.05) is 12.1 Å². The zero-order valence-electron chi connectivity index (χ0n) is 15.5. The molecular weight excluding hydrogens is 399 g/mol. The Hall–Kier alpha value is -2.97. The van der Waals surface area contributed by atoms with Crippen molar-refractivity contribution in [3.63, 3.8) is 0 Å². The first-order valence-electron chi connectivity index (χ1n) is 8.95. The van der Waals surface area contributed by atoms with E-state index in [1.165, 1.54) is 35.8 Å². The largest absolute Gasteiger partial charge is 0.367 e. The summed E-state index contributed by atoms with van der Waals surface area (Å²) in [5.74, 6) is -0.332. The van der Waals surface area contributed by atoms with E-state index in [0.717, 1.165) is 18.4 Å². The first-order valence-corrected chi connectivity index (χ1v) is 8.95. The van der Waals surface area contributed by atoms with Gasteiger partial charge in [0.1, 0.15) is 11.6 Å². The van der Waals surface area contributed by atoms with Crippen LogP contribution in [0.1, 0.15) is 28.8 Å². The van der Waals surface area contributed by atoms with Gasteiger partial charge in [0.2, 0.25) is 0 Å². The molecule has 2 amide bonds. The Kier molecular flexibility index (Phi) is 8.11. The van der Waals surface area contributed by atoms with Gasteiger partial charge in [0.25, 0.3) is 11.8 Å². The van der Waals surface area contributed by atoms with Crippen LogP contribution in [0.4, 0.5) is 10.2 Å². The van der Waals surface area contributed by atoms with E-state index in [4.69, 9.17) is 5.21 Å². The number of piperidine rings is 1. The average molecular weight is 421 g/mol. The van der Waals surface area contributed by atoms with Gasteiger partial charge < -0.3 is 10.2 Å². The van der Waals surface area contributed by atoms with Gasteiger partial charge in [-0.25, -0.2) is 14.9 Å². The number of pyridine rings is 1. The summed E-state index contributed by atoms with van der Waals surface area (Å²) in [5.41, 5.74) is 2.75. The van der Waals surface area contributed by atoms with Crippen molar-refractivity contribution in [1.29, 1.82) is 0 Å². The van der Waals surface area contributed by atoms with Crippen molar-refractivity contribution < 1.29 is 19.2 Å². The van der Waals surface area contributed by atoms with Gasteiger partial charge in [-0.05, 0) is 60.9 Å². The standard InChI is InChI=1S/C20H21FN4O3.ClH/c21-16-5-3-15(4-6-16)20(27)25-11-9-17(10-12-25)23-18-7-1-14(13-22-18)2-8-19(26)24-28;/h1-8,13,17,28H,9-12H2,(H,22,23)(H,24,26);1H. The van der Waals surface area contributed by atoms with Gasteiger partial charge in [-0.3, -0.25) is 14.8 Å². The second-order valence-electron chi connectivity index (χ2n) is 6.50. The molecule has 3 N–H and O–H groups in total. The zero-order chi connectivity index (χ0) is 19.9. The molecule has 1 aromatic carbocycles. The summed E-state index contributed by atoms with van der Waals surface area (Å²) in [6.07, 6.45) is 5.94. The highest BCUT2D eigenvalue weighted by Crippen LogP contribution is 2.18. The SMILES string of the molecule is Cl.O=C(C=Cc1ccc(NC2CCN(C(=O)c3ccc(F)cc3)CC2)nc1)NO. The maximum Gasteiger partial charge on any atom is 0.267 e. The highest BCUT2D eigenvalue weighted by molar-refractivity contribution is 5.94. The lowest BCUT2D eigenvalue weighted by molar-refractivity contribution is -0.124. The fraction of sp³-hybridized carbons (Fsp3) is 0.250. The third kappa shape index (κ3) is 6.27. The molecule has 0 aliphatic carbocycles. The van der Waals surface area contributed by atoms with E-state index in [-0.39, 0.29) is 30.2 Å². The highest BCUT2D eigenvalue weighted by Gasteiger charge is 2.23. The van der Waals surface area contributed by atoms with Crippen molar-refractivity contribution in [3.8, 4) is 0 Å². The van der Waals surface area contributed by atoms with Crippen LogP contribution in [0.5, 0.6) is 0 Å². The Labute approximate surface area is 174 Å². The lowest BCUT2D eigenvalue weighted by Crippen LogP contribution is -2.42. The van der Waals surface area contributed by atoms with E-state index >= 15 is 0 Å². The van der Waals surface area contributed by atoms with E-state index in [1.54, 1.807) is 17.2 Å². The Morgan fingerprint density at radius 1 is 1.14 bits per heavy atom. The van der Waals surface area contributed by atoms with Gasteiger partial charge in [-0.2, -0.15) is 0 Å². The molecule has 2 heterocycles. The van der Waals surface area contributed by atoms with Crippen molar-refractivity contribution in [3.05, 3.63) is 65.6 Å². The number of benzene rings is 1. The number of hydrogen-bond acceptors (Lipinski definition) is 5. The third-order valence-electron chi connectivity index (χ3n) is 4.55. The topological polar surface area (TPSA) is 94.6 Å². The molecule has 1 fully saturated rings. The molecule has 2 aromatic rings. The van der Waals surface area contributed by atoms with Gasteiger partial charge in [0, 0.05) is 37.0 Å². The second kappa shape index (κ2) is 10.5. The number of carbonyl (C=O) groups is 2. The Morgan fingerprint density at radius 3 is 2.41 bits per heavy atom. The minimum Gasteiger partial charge on any atom is -0.367 e. The van der Waals surface area contributed by atoms with Gasteiger partial charge in [-0.1, -0.05) is 0 Å². The maximum atomic E-state index is 13.0. The van der Waals surface area contributed by atoms with Crippen LogP contribution in [0.3, 0.4) is 0 Å². The third-order valence-corrected chi connectivity index (χ3v) is 4.55. The summed E-state index contributed by atoms with van der Waals surface area (Å²) in [6, 6.07) is 9.42. The first-order chi connectivity index (χ1) is 13.5. The number of carbonyl (C=O) groups excluding carboxylic acids is 2. The number of anilines is 1. The Morgan fingerprint density at radius 2 is 1.83 bits per heavy atom. The fourth-order valence-electron chi connectivity index (χ4n) is 3.01. The van der Waals surface area contributed by atoms with Crippen LogP contribution in [-0.4, -0.2) is 46.0 Å². The molecule has 0 spiro atoms. The molecule has 0 unspecified atom stereocenters. The lowest BCUT2D eigenvalue weighted by Gasteiger charge is -2.32. The predicted octanol–water partition coefficient (Wildman–Crippen LogP) is 2.88. The number of hydrogen-bond donors (Lipinski definition) is 3. The van der Waals surface area contributed by atoms with Crippen LogP contribution in [0.15, 0.2) is 48.7 Å². The molecule has 1 aliphatic rings. The lowest BCUT2D eigenvalue weighted by atomic mass is 10.0. The summed E-state index contributed by atoms with van der Waals surface area (Å²) in [4.78, 5) is 29.5. The smallest absolute Gasteiger partial charge is 0.267 e. The minimum absolute atomic E-state index is 0. The number of hydroxylamine groups is 1. The molecule has 154 valence electrons. The van der Waals surface area contributed by atoms with Gasteiger partial charge in [-0.15, -0.1) is 12.4 Å². The minimum atomic E-state index is -0.607. The quantitative estimate of drug-likeness (QED) is 0.393. The van der Waals surface area contributed by atoms with E-state index in [2.05, 4.69) is 10.3 Å². The molecule has 1 aliphatic heterocycles. The molecule has 3 rings (SSSR count). The summed E-state index contributed by atoms with van der Waals surface area (Å²) in [5, 5.41) is 11.8. The second-order valence-corrected chi connectivity index (χ2v) is 6.50. The number of likely N-dealkylation sites (tertiary alicyclic amines) is 1. The van der Waals surface area contributed by atoms with Crippen LogP contribution in [0.2, 0.25) is 0 Å². The van der Waals surface area contributed by atoms with Crippen molar-refractivity contribution >= 4 is 36.1 Å². The van der Waals surface area contributed by atoms with Crippen LogP contribution in [-0.2, 0) is 4.79 Å². The molecular formula is C20H22ClFN4O3. The van der Waals surface area contributed by atoms with Crippen molar-refractivity contribution in [2.24, 2.45) is 0 Å². The number of aromatic nitrogens is 1. The Bertz CT molecular complexity index is 851. The summed E-state index contributed by atoms with van der Waals surface area (Å²) >= 11 is 0. The molecule has 0 saturated carbocycles. The monoisotopic (exact) mass is 420 g/mol. The van der Waals surface area contributed by atoms with Crippen LogP contribution >= 0.6 is 12.4 Å². The number of rotatable bonds is 5. The van der Waals surface area contributed by atoms with Gasteiger partial charge in [0.15, 0.2) is 0 Å². The number of halogens is 2. The van der Waals surface area contributed by atoms with E-state index in [0.29, 0.717) is 24.5 Å². The molecule has 1 saturated heterocycles. The van der Waals surface area contributed by atoms with Crippen molar-refractivity contribution in [1.82, 2.24) is 15.4 Å². The summed E-state index contributed by atoms with van der Waals surface area (Å²) in [6.45, 7) is 1.23. The van der Waals surface area contributed by atoms with Crippen molar-refractivity contribution in [2.45, 2.75) is 18.9 Å². The number of nitrogens with zero attached hydrogens (tertiary/aromatic N) is 2. The molecule has 29 heavy (non-hydrogen) atoms. The first kappa shape index (κ1) is 22.3. The fourth-order valence-corrected chi connectivity index (χ4v) is 3.01. The predicted molar refractivity (Wildman–Crippen MR) is 109 cm³/mol. The Balaban J connectivity index is 0.00000300. The molecule has 0 radical (unpaired) electrons. The van der Waals surface area contributed by atoms with Gasteiger partial charge >= 0.3 is 0 Å². The van der Waals surface area contributed by atoms with E-state index in [9.17, 15) is 14.0 Å². The molecule has 9 heteroatoms. The van der Waals surface area contributed by atoms with E-state index < -0.39 is 5.91 Å². The summed E-state index contributed by atoms with van der Waals surface area (Å²) in [7, 11) is 0. The maximum absolute atomic E-state index is 13.0. The zero-order valence-corrected chi connectivity index (χ0v) is 16.4. The van der Waals surface area contributed by atoms with Crippen LogP contribution in [0, 0.1) is 5.82 Å². The normalized spacial score (nSPS) is 14.3. The molecule has 7 nitrogen and oxygen atoms in total.